The van der Waals surface area contributed by atoms with E-state index in [1.54, 1.807) is 14.0 Å². The smallest absolute Gasteiger partial charge is 0.356 e. The normalized spacial score (nSPS) is 16.5. The van der Waals surface area contributed by atoms with Gasteiger partial charge in [-0.2, -0.15) is 18.2 Å². The summed E-state index contributed by atoms with van der Waals surface area (Å²) in [5.74, 6) is 1.74. The van der Waals surface area contributed by atoms with Gasteiger partial charge in [0.25, 0.3) is 0 Å². The number of nitrogens with one attached hydrogen (secondary N) is 2. The van der Waals surface area contributed by atoms with Crippen LogP contribution in [0.4, 0.5) is 13.2 Å². The van der Waals surface area contributed by atoms with E-state index in [1.807, 2.05) is 6.07 Å². The fourth-order valence-electron chi connectivity index (χ4n) is 4.02. The number of nitrogens with zero attached hydrogens (tertiary/aromatic N) is 3. The van der Waals surface area contributed by atoms with E-state index in [4.69, 9.17) is 4.52 Å². The molecule has 10 heteroatoms. The minimum atomic E-state index is -4.34. The van der Waals surface area contributed by atoms with Gasteiger partial charge in [0, 0.05) is 32.0 Å². The molecule has 31 heavy (non-hydrogen) atoms. The van der Waals surface area contributed by atoms with Gasteiger partial charge in [0.05, 0.1) is 5.56 Å². The van der Waals surface area contributed by atoms with Crippen molar-refractivity contribution in [3.8, 4) is 0 Å². The summed E-state index contributed by atoms with van der Waals surface area (Å²) in [4.78, 5) is 8.40. The van der Waals surface area contributed by atoms with E-state index in [9.17, 15) is 13.2 Å². The van der Waals surface area contributed by atoms with Crippen LogP contribution in [0, 0.1) is 6.92 Å². The highest BCUT2D eigenvalue weighted by molar-refractivity contribution is 14.0. The van der Waals surface area contributed by atoms with Crippen LogP contribution in [0.1, 0.15) is 54.9 Å². The summed E-state index contributed by atoms with van der Waals surface area (Å²) < 4.78 is 44.8. The van der Waals surface area contributed by atoms with Gasteiger partial charge in [-0.05, 0) is 31.4 Å². The summed E-state index contributed by atoms with van der Waals surface area (Å²) in [5, 5.41) is 10.3. The highest BCUT2D eigenvalue weighted by atomic mass is 127. The molecule has 2 N–H and O–H groups in total. The summed E-state index contributed by atoms with van der Waals surface area (Å²) in [7, 11) is 1.67. The van der Waals surface area contributed by atoms with Crippen molar-refractivity contribution in [3.63, 3.8) is 0 Å². The lowest BCUT2D eigenvalue weighted by atomic mass is 9.69. The van der Waals surface area contributed by atoms with Gasteiger partial charge in [-0.3, -0.25) is 4.99 Å². The Morgan fingerprint density at radius 2 is 1.94 bits per heavy atom. The average Bonchev–Trinajstić information content (AvgIpc) is 3.15. The Kier molecular flexibility index (Phi) is 9.14. The molecule has 1 saturated carbocycles. The largest absolute Gasteiger partial charge is 0.416 e. The zero-order valence-electron chi connectivity index (χ0n) is 17.8. The third-order valence-corrected chi connectivity index (χ3v) is 5.63. The molecule has 1 heterocycles. The molecule has 172 valence electrons. The van der Waals surface area contributed by atoms with Crippen molar-refractivity contribution < 1.29 is 17.7 Å². The Morgan fingerprint density at radius 1 is 1.19 bits per heavy atom. The Morgan fingerprint density at radius 3 is 2.55 bits per heavy atom. The predicted molar refractivity (Wildman–Crippen MR) is 124 cm³/mol. The summed E-state index contributed by atoms with van der Waals surface area (Å²) in [6, 6.07) is 5.76. The van der Waals surface area contributed by atoms with Gasteiger partial charge in [-0.25, -0.2) is 0 Å². The first kappa shape index (κ1) is 25.4. The lowest BCUT2D eigenvalue weighted by Gasteiger charge is -2.38. The zero-order chi connectivity index (χ0) is 21.6. The van der Waals surface area contributed by atoms with E-state index in [0.717, 1.165) is 43.7 Å². The van der Waals surface area contributed by atoms with Crippen molar-refractivity contribution in [3.05, 3.63) is 47.1 Å². The maximum absolute atomic E-state index is 13.2. The van der Waals surface area contributed by atoms with E-state index in [1.165, 1.54) is 12.1 Å². The number of aryl methyl sites for hydroxylation is 1. The number of guanidine groups is 1. The molecule has 0 aliphatic heterocycles. The Balaban J connectivity index is 0.00000341. The molecule has 0 radical (unpaired) electrons. The fraction of sp³-hybridized carbons (Fsp3) is 0.571. The molecule has 0 amide bonds. The lowest BCUT2D eigenvalue weighted by molar-refractivity contribution is -0.137. The van der Waals surface area contributed by atoms with E-state index in [-0.39, 0.29) is 29.4 Å². The predicted octanol–water partition coefficient (Wildman–Crippen LogP) is 4.62. The Labute approximate surface area is 197 Å². The number of aliphatic imine (C=N–C) groups is 1. The van der Waals surface area contributed by atoms with Crippen molar-refractivity contribution in [1.82, 2.24) is 20.8 Å². The van der Waals surface area contributed by atoms with Crippen LogP contribution in [0.15, 0.2) is 33.8 Å². The molecule has 0 saturated heterocycles. The third kappa shape index (κ3) is 6.81. The molecule has 1 aromatic carbocycles. The Hall–Kier alpha value is -1.85. The number of rotatable bonds is 6. The van der Waals surface area contributed by atoms with Gasteiger partial charge in [0.15, 0.2) is 11.8 Å². The highest BCUT2D eigenvalue weighted by Crippen LogP contribution is 2.41. The molecule has 1 fully saturated rings. The molecule has 1 aromatic heterocycles. The topological polar surface area (TPSA) is 75.3 Å². The molecular formula is C21H29F3IN5O. The van der Waals surface area contributed by atoms with E-state index < -0.39 is 11.7 Å². The maximum Gasteiger partial charge on any atom is 0.416 e. The first-order valence-corrected chi connectivity index (χ1v) is 10.2. The van der Waals surface area contributed by atoms with E-state index in [2.05, 4.69) is 25.8 Å². The van der Waals surface area contributed by atoms with Gasteiger partial charge in [0.1, 0.15) is 0 Å². The summed E-state index contributed by atoms with van der Waals surface area (Å²) in [5.41, 5.74) is -0.204. The summed E-state index contributed by atoms with van der Waals surface area (Å²) in [6.45, 7) is 2.84. The summed E-state index contributed by atoms with van der Waals surface area (Å²) in [6.07, 6.45) is 1.02. The third-order valence-electron chi connectivity index (χ3n) is 5.63. The molecule has 2 aromatic rings. The van der Waals surface area contributed by atoms with Gasteiger partial charge in [-0.1, -0.05) is 42.6 Å². The number of hydrogen-bond donors (Lipinski definition) is 2. The SMILES string of the molecule is CN=C(NCCc1nc(C)no1)NCC1(c2cccc(C(F)(F)F)c2)CCCCC1.I. The molecule has 0 spiro atoms. The highest BCUT2D eigenvalue weighted by Gasteiger charge is 2.37. The van der Waals surface area contributed by atoms with Crippen molar-refractivity contribution in [2.24, 2.45) is 4.99 Å². The monoisotopic (exact) mass is 551 g/mol. The molecule has 3 rings (SSSR count). The zero-order valence-corrected chi connectivity index (χ0v) is 20.1. The molecule has 1 aliphatic carbocycles. The van der Waals surface area contributed by atoms with Crippen molar-refractivity contribution in [2.75, 3.05) is 20.1 Å². The molecule has 0 unspecified atom stereocenters. The molecule has 6 nitrogen and oxygen atoms in total. The van der Waals surface area contributed by atoms with E-state index in [0.29, 0.717) is 37.2 Å². The number of benzene rings is 1. The summed E-state index contributed by atoms with van der Waals surface area (Å²) >= 11 is 0. The van der Waals surface area contributed by atoms with Gasteiger partial charge in [0.2, 0.25) is 5.89 Å². The van der Waals surface area contributed by atoms with Crippen LogP contribution < -0.4 is 10.6 Å². The van der Waals surface area contributed by atoms with Gasteiger partial charge < -0.3 is 15.2 Å². The van der Waals surface area contributed by atoms with Crippen LogP contribution in [0.2, 0.25) is 0 Å². The van der Waals surface area contributed by atoms with Crippen LogP contribution in [-0.2, 0) is 18.0 Å². The van der Waals surface area contributed by atoms with Crippen LogP contribution >= 0.6 is 24.0 Å². The van der Waals surface area contributed by atoms with Crippen LogP contribution in [0.25, 0.3) is 0 Å². The van der Waals surface area contributed by atoms with Crippen LogP contribution in [0.5, 0.6) is 0 Å². The van der Waals surface area contributed by atoms with Crippen molar-refractivity contribution in [1.29, 1.82) is 0 Å². The number of aromatic nitrogens is 2. The Bertz CT molecular complexity index is 863. The van der Waals surface area contributed by atoms with Crippen LogP contribution in [-0.4, -0.2) is 36.2 Å². The molecular weight excluding hydrogens is 522 g/mol. The van der Waals surface area contributed by atoms with Crippen molar-refractivity contribution in [2.45, 2.75) is 57.0 Å². The second-order valence-corrected chi connectivity index (χ2v) is 7.76. The minimum absolute atomic E-state index is 0. The fourth-order valence-corrected chi connectivity index (χ4v) is 4.02. The maximum atomic E-state index is 13.2. The first-order valence-electron chi connectivity index (χ1n) is 10.2. The minimum Gasteiger partial charge on any atom is -0.356 e. The molecule has 0 atom stereocenters. The quantitative estimate of drug-likeness (QED) is 0.312. The van der Waals surface area contributed by atoms with E-state index >= 15 is 0 Å². The lowest BCUT2D eigenvalue weighted by Crippen LogP contribution is -2.47. The number of halogens is 4. The second-order valence-electron chi connectivity index (χ2n) is 7.76. The first-order chi connectivity index (χ1) is 14.3. The van der Waals surface area contributed by atoms with Crippen LogP contribution in [0.3, 0.4) is 0 Å². The number of hydrogen-bond acceptors (Lipinski definition) is 4. The van der Waals surface area contributed by atoms with Gasteiger partial charge in [-0.15, -0.1) is 24.0 Å². The van der Waals surface area contributed by atoms with Gasteiger partial charge >= 0.3 is 6.18 Å². The second kappa shape index (κ2) is 11.1. The molecule has 1 aliphatic rings. The standard InChI is InChI=1S/C21H28F3N5O.HI/c1-15-28-18(30-29-15)9-12-26-19(25-2)27-14-20(10-4-3-5-11-20)16-7-6-8-17(13-16)21(22,23)24;/h6-8,13H,3-5,9-12,14H2,1-2H3,(H2,25,26,27);1H. The average molecular weight is 551 g/mol. The van der Waals surface area contributed by atoms with Crippen molar-refractivity contribution >= 4 is 29.9 Å². The number of alkyl halides is 3. The molecule has 0 bridgehead atoms.